The summed E-state index contributed by atoms with van der Waals surface area (Å²) in [6.07, 6.45) is 6.68. The summed E-state index contributed by atoms with van der Waals surface area (Å²) < 4.78 is 5.57. The Labute approximate surface area is 108 Å². The number of ether oxygens (including phenoxy) is 1. The van der Waals surface area contributed by atoms with Crippen molar-refractivity contribution >= 4 is 11.5 Å². The quantitative estimate of drug-likeness (QED) is 0.834. The van der Waals surface area contributed by atoms with E-state index in [1.165, 1.54) is 6.20 Å². The zero-order valence-electron chi connectivity index (χ0n) is 11.0. The third kappa shape index (κ3) is 2.25. The number of ketones is 1. The van der Waals surface area contributed by atoms with E-state index in [-0.39, 0.29) is 5.78 Å². The zero-order chi connectivity index (χ0) is 13.2. The summed E-state index contributed by atoms with van der Waals surface area (Å²) in [6, 6.07) is 1.65. The van der Waals surface area contributed by atoms with Gasteiger partial charge in [0.15, 0.2) is 5.78 Å². The number of nitrogen functional groups attached to an aromatic ring is 1. The van der Waals surface area contributed by atoms with Crippen LogP contribution in [0.4, 0.5) is 5.69 Å². The van der Waals surface area contributed by atoms with Crippen molar-refractivity contribution in [1.82, 2.24) is 4.98 Å². The van der Waals surface area contributed by atoms with Crippen LogP contribution in [-0.2, 0) is 4.74 Å². The molecule has 0 atom stereocenters. The second kappa shape index (κ2) is 5.06. The molecule has 18 heavy (non-hydrogen) atoms. The summed E-state index contributed by atoms with van der Waals surface area (Å²) in [5.74, 6) is 0.634. The number of Topliss-reactive ketones (excluding diaryl/α,β-unsaturated/α-hetero) is 1. The molecule has 0 saturated heterocycles. The Bertz CT molecular complexity index is 437. The minimum atomic E-state index is -0.705. The molecule has 1 saturated carbocycles. The molecule has 4 nitrogen and oxygen atoms in total. The van der Waals surface area contributed by atoms with Gasteiger partial charge >= 0.3 is 0 Å². The molecule has 1 fully saturated rings. The lowest BCUT2D eigenvalue weighted by Gasteiger charge is -2.37. The molecular formula is C14H20N2O2. The highest BCUT2D eigenvalue weighted by molar-refractivity contribution is 6.06. The Hall–Kier alpha value is -1.42. The van der Waals surface area contributed by atoms with E-state index in [1.54, 1.807) is 19.4 Å². The Morgan fingerprint density at radius 2 is 2.17 bits per heavy atom. The van der Waals surface area contributed by atoms with Crippen LogP contribution in [0, 0.1) is 5.92 Å². The van der Waals surface area contributed by atoms with E-state index in [2.05, 4.69) is 11.9 Å². The van der Waals surface area contributed by atoms with E-state index >= 15 is 0 Å². The first-order valence-electron chi connectivity index (χ1n) is 6.38. The van der Waals surface area contributed by atoms with Gasteiger partial charge < -0.3 is 10.5 Å². The number of nitrogens with zero attached hydrogens (tertiary/aromatic N) is 1. The number of hydrogen-bond donors (Lipinski definition) is 1. The van der Waals surface area contributed by atoms with Crippen LogP contribution >= 0.6 is 0 Å². The highest BCUT2D eigenvalue weighted by Gasteiger charge is 2.42. The van der Waals surface area contributed by atoms with Gasteiger partial charge in [-0.05, 0) is 37.7 Å². The molecule has 0 bridgehead atoms. The Morgan fingerprint density at radius 3 is 2.72 bits per heavy atom. The van der Waals surface area contributed by atoms with Crippen LogP contribution in [0.25, 0.3) is 0 Å². The van der Waals surface area contributed by atoms with E-state index in [0.29, 0.717) is 17.2 Å². The molecule has 0 aliphatic heterocycles. The predicted octanol–water partition coefficient (Wildman–Crippen LogP) is 2.44. The molecule has 4 heteroatoms. The maximum atomic E-state index is 12.6. The molecule has 1 aliphatic rings. The lowest BCUT2D eigenvalue weighted by molar-refractivity contribution is -0.0262. The second-order valence-corrected chi connectivity index (χ2v) is 5.17. The fourth-order valence-electron chi connectivity index (χ4n) is 2.59. The summed E-state index contributed by atoms with van der Waals surface area (Å²) in [7, 11) is 1.61. The van der Waals surface area contributed by atoms with Gasteiger partial charge in [-0.25, -0.2) is 0 Å². The second-order valence-electron chi connectivity index (χ2n) is 5.17. The number of rotatable bonds is 3. The van der Waals surface area contributed by atoms with Crippen LogP contribution < -0.4 is 5.73 Å². The summed E-state index contributed by atoms with van der Waals surface area (Å²) in [4.78, 5) is 16.6. The summed E-state index contributed by atoms with van der Waals surface area (Å²) >= 11 is 0. The first kappa shape index (κ1) is 13.0. The van der Waals surface area contributed by atoms with E-state index in [0.717, 1.165) is 25.7 Å². The van der Waals surface area contributed by atoms with Gasteiger partial charge in [-0.3, -0.25) is 9.78 Å². The highest BCUT2D eigenvalue weighted by Crippen LogP contribution is 2.37. The van der Waals surface area contributed by atoms with Crippen LogP contribution in [0.15, 0.2) is 18.5 Å². The number of anilines is 1. The van der Waals surface area contributed by atoms with Crippen molar-refractivity contribution < 1.29 is 9.53 Å². The molecular weight excluding hydrogens is 228 g/mol. The van der Waals surface area contributed by atoms with E-state index < -0.39 is 5.60 Å². The third-order valence-electron chi connectivity index (χ3n) is 3.99. The molecule has 0 unspecified atom stereocenters. The van der Waals surface area contributed by atoms with Crippen LogP contribution in [0.5, 0.6) is 0 Å². The Kier molecular flexibility index (Phi) is 3.66. The standard InChI is InChI=1S/C14H20N2O2/c1-10-3-6-14(18-2,7-4-10)13(17)11-9-16-8-5-12(11)15/h5,8-10H,3-4,6-7H2,1-2H3,(H2,15,16). The average molecular weight is 248 g/mol. The highest BCUT2D eigenvalue weighted by atomic mass is 16.5. The molecule has 0 amide bonds. The van der Waals surface area contributed by atoms with Crippen molar-refractivity contribution in [2.24, 2.45) is 5.92 Å². The molecule has 2 N–H and O–H groups in total. The number of carbonyl (C=O) groups is 1. The molecule has 2 rings (SSSR count). The SMILES string of the molecule is COC1(C(=O)c2cnccc2N)CCC(C)CC1. The molecule has 0 radical (unpaired) electrons. The molecule has 1 aromatic heterocycles. The third-order valence-corrected chi connectivity index (χ3v) is 3.99. The topological polar surface area (TPSA) is 65.2 Å². The number of methoxy groups -OCH3 is 1. The van der Waals surface area contributed by atoms with Gasteiger partial charge in [0.2, 0.25) is 0 Å². The first-order valence-corrected chi connectivity index (χ1v) is 6.38. The Morgan fingerprint density at radius 1 is 1.50 bits per heavy atom. The van der Waals surface area contributed by atoms with Crippen molar-refractivity contribution in [3.8, 4) is 0 Å². The number of hydrogen-bond acceptors (Lipinski definition) is 4. The summed E-state index contributed by atoms with van der Waals surface area (Å²) in [5.41, 5.74) is 6.11. The van der Waals surface area contributed by atoms with Gasteiger partial charge in [-0.2, -0.15) is 0 Å². The van der Waals surface area contributed by atoms with Gasteiger partial charge in [-0.15, -0.1) is 0 Å². The van der Waals surface area contributed by atoms with Gasteiger partial charge in [0.25, 0.3) is 0 Å². The number of pyridine rings is 1. The predicted molar refractivity (Wildman–Crippen MR) is 70.4 cm³/mol. The maximum absolute atomic E-state index is 12.6. The van der Waals surface area contributed by atoms with Crippen molar-refractivity contribution in [3.63, 3.8) is 0 Å². The van der Waals surface area contributed by atoms with Crippen LogP contribution in [0.2, 0.25) is 0 Å². The van der Waals surface area contributed by atoms with Crippen LogP contribution in [0.3, 0.4) is 0 Å². The number of nitrogens with two attached hydrogens (primary N) is 1. The fourth-order valence-corrected chi connectivity index (χ4v) is 2.59. The van der Waals surface area contributed by atoms with Crippen molar-refractivity contribution in [2.75, 3.05) is 12.8 Å². The fraction of sp³-hybridized carbons (Fsp3) is 0.571. The summed E-state index contributed by atoms with van der Waals surface area (Å²) in [6.45, 7) is 2.21. The average Bonchev–Trinajstić information content (AvgIpc) is 2.40. The zero-order valence-corrected chi connectivity index (χ0v) is 11.0. The smallest absolute Gasteiger partial charge is 0.198 e. The molecule has 0 aromatic carbocycles. The Balaban J connectivity index is 2.28. The minimum absolute atomic E-state index is 0.0255. The van der Waals surface area contributed by atoms with Gasteiger partial charge in [0.1, 0.15) is 5.60 Å². The van der Waals surface area contributed by atoms with E-state index in [9.17, 15) is 4.79 Å². The van der Waals surface area contributed by atoms with Crippen LogP contribution in [-0.4, -0.2) is 23.5 Å². The van der Waals surface area contributed by atoms with E-state index in [1.807, 2.05) is 0 Å². The van der Waals surface area contributed by atoms with Crippen molar-refractivity contribution in [3.05, 3.63) is 24.0 Å². The monoisotopic (exact) mass is 248 g/mol. The molecule has 98 valence electrons. The summed E-state index contributed by atoms with van der Waals surface area (Å²) in [5, 5.41) is 0. The lowest BCUT2D eigenvalue weighted by Crippen LogP contribution is -2.44. The van der Waals surface area contributed by atoms with Crippen LogP contribution in [0.1, 0.15) is 43.0 Å². The normalized spacial score (nSPS) is 28.0. The van der Waals surface area contributed by atoms with Gasteiger partial charge in [-0.1, -0.05) is 6.92 Å². The molecule has 1 heterocycles. The lowest BCUT2D eigenvalue weighted by atomic mass is 9.75. The van der Waals surface area contributed by atoms with E-state index in [4.69, 9.17) is 10.5 Å². The molecule has 1 aromatic rings. The molecule has 0 spiro atoms. The molecule has 1 aliphatic carbocycles. The minimum Gasteiger partial charge on any atom is -0.398 e. The van der Waals surface area contributed by atoms with Gasteiger partial charge in [0, 0.05) is 25.2 Å². The van der Waals surface area contributed by atoms with Crippen molar-refractivity contribution in [1.29, 1.82) is 0 Å². The largest absolute Gasteiger partial charge is 0.398 e. The maximum Gasteiger partial charge on any atom is 0.198 e. The number of carbonyl (C=O) groups excluding carboxylic acids is 1. The van der Waals surface area contributed by atoms with Crippen molar-refractivity contribution in [2.45, 2.75) is 38.2 Å². The number of aromatic nitrogens is 1. The van der Waals surface area contributed by atoms with Gasteiger partial charge in [0.05, 0.1) is 5.56 Å². The first-order chi connectivity index (χ1) is 8.59.